The third kappa shape index (κ3) is 1.64. The third-order valence-electron chi connectivity index (χ3n) is 3.64. The Kier molecular flexibility index (Phi) is 2.73. The van der Waals surface area contributed by atoms with E-state index in [1.807, 2.05) is 0 Å². The molecule has 21 heavy (non-hydrogen) atoms. The lowest BCUT2D eigenvalue weighted by Crippen LogP contribution is -2.22. The van der Waals surface area contributed by atoms with Crippen molar-refractivity contribution >= 4 is 11.6 Å². The van der Waals surface area contributed by atoms with E-state index in [0.717, 1.165) is 0 Å². The summed E-state index contributed by atoms with van der Waals surface area (Å²) in [5.74, 6) is -1.33. The molecule has 5 heteroatoms. The van der Waals surface area contributed by atoms with Crippen LogP contribution >= 0.6 is 0 Å². The molecular formula is C16H12O5. The molecule has 5 nitrogen and oxygen atoms in total. The Bertz CT molecular complexity index is 805. The lowest BCUT2D eigenvalue weighted by Gasteiger charge is -2.21. The Labute approximate surface area is 120 Å². The van der Waals surface area contributed by atoms with Crippen molar-refractivity contribution in [1.29, 1.82) is 0 Å². The van der Waals surface area contributed by atoms with Gasteiger partial charge in [0.25, 0.3) is 0 Å². The fraction of sp³-hybridized carbons (Fsp3) is 0.125. The highest BCUT2D eigenvalue weighted by Gasteiger charge is 2.35. The molecule has 1 aliphatic carbocycles. The van der Waals surface area contributed by atoms with Gasteiger partial charge in [0.15, 0.2) is 23.1 Å². The first-order valence-electron chi connectivity index (χ1n) is 6.29. The topological polar surface area (TPSA) is 83.8 Å². The highest BCUT2D eigenvalue weighted by molar-refractivity contribution is 6.30. The molecule has 0 radical (unpaired) electrons. The minimum Gasteiger partial charge on any atom is -0.507 e. The zero-order valence-corrected chi connectivity index (χ0v) is 11.4. The van der Waals surface area contributed by atoms with Gasteiger partial charge >= 0.3 is 0 Å². The quantitative estimate of drug-likeness (QED) is 0.715. The standard InChI is InChI=1S/C16H12O5/c1-7-6-9-12(16(21-2)13(7)18)14(19)8-4-3-5-10(17)11(8)15(9)20/h3-6,17-18H,1-2H3. The van der Waals surface area contributed by atoms with Crippen LogP contribution in [0.2, 0.25) is 0 Å². The van der Waals surface area contributed by atoms with E-state index in [9.17, 15) is 19.8 Å². The fourth-order valence-corrected chi connectivity index (χ4v) is 2.62. The third-order valence-corrected chi connectivity index (χ3v) is 3.64. The molecule has 0 fully saturated rings. The summed E-state index contributed by atoms with van der Waals surface area (Å²) >= 11 is 0. The van der Waals surface area contributed by atoms with Gasteiger partial charge in [0.1, 0.15) is 5.75 Å². The second-order valence-corrected chi connectivity index (χ2v) is 4.86. The van der Waals surface area contributed by atoms with Gasteiger partial charge in [0.05, 0.1) is 18.2 Å². The SMILES string of the molecule is COc1c(O)c(C)cc2c1C(=O)c1cccc(O)c1C2=O. The van der Waals surface area contributed by atoms with Gasteiger partial charge in [0.2, 0.25) is 0 Å². The molecule has 0 amide bonds. The number of methoxy groups -OCH3 is 1. The first kappa shape index (κ1) is 13.2. The summed E-state index contributed by atoms with van der Waals surface area (Å²) in [6, 6.07) is 5.75. The van der Waals surface area contributed by atoms with Gasteiger partial charge in [-0.25, -0.2) is 0 Å². The summed E-state index contributed by atoms with van der Waals surface area (Å²) in [5.41, 5.74) is 0.673. The highest BCUT2D eigenvalue weighted by atomic mass is 16.5. The summed E-state index contributed by atoms with van der Waals surface area (Å²) in [5, 5.41) is 19.9. The van der Waals surface area contributed by atoms with Gasteiger partial charge in [0, 0.05) is 11.1 Å². The van der Waals surface area contributed by atoms with Gasteiger partial charge in [-0.05, 0) is 24.6 Å². The van der Waals surface area contributed by atoms with Crippen LogP contribution in [0.25, 0.3) is 0 Å². The molecule has 2 aromatic carbocycles. The van der Waals surface area contributed by atoms with Crippen molar-refractivity contribution in [2.24, 2.45) is 0 Å². The van der Waals surface area contributed by atoms with Crippen molar-refractivity contribution in [3.8, 4) is 17.2 Å². The maximum absolute atomic E-state index is 12.6. The summed E-state index contributed by atoms with van der Waals surface area (Å²) in [6.07, 6.45) is 0. The number of fused-ring (bicyclic) bond motifs is 2. The monoisotopic (exact) mass is 284 g/mol. The van der Waals surface area contributed by atoms with E-state index >= 15 is 0 Å². The van der Waals surface area contributed by atoms with Crippen LogP contribution in [0.3, 0.4) is 0 Å². The Hall–Kier alpha value is -2.82. The number of hydrogen-bond donors (Lipinski definition) is 2. The van der Waals surface area contributed by atoms with Gasteiger partial charge in [-0.1, -0.05) is 12.1 Å². The van der Waals surface area contributed by atoms with Gasteiger partial charge in [-0.15, -0.1) is 0 Å². The second kappa shape index (κ2) is 4.34. The van der Waals surface area contributed by atoms with E-state index in [1.165, 1.54) is 31.4 Å². The first-order valence-corrected chi connectivity index (χ1v) is 6.29. The molecule has 0 atom stereocenters. The molecule has 0 heterocycles. The molecule has 2 N–H and O–H groups in total. The van der Waals surface area contributed by atoms with Crippen LogP contribution in [0.1, 0.15) is 37.4 Å². The number of aromatic hydroxyl groups is 2. The summed E-state index contributed by atoms with van der Waals surface area (Å²) in [7, 11) is 1.32. The van der Waals surface area contributed by atoms with Crippen LogP contribution in [0.5, 0.6) is 17.2 Å². The molecule has 0 saturated heterocycles. The molecule has 1 aliphatic rings. The normalized spacial score (nSPS) is 12.9. The van der Waals surface area contributed by atoms with Crippen LogP contribution < -0.4 is 4.74 Å². The van der Waals surface area contributed by atoms with Crippen molar-refractivity contribution in [3.05, 3.63) is 52.1 Å². The zero-order chi connectivity index (χ0) is 15.3. The largest absolute Gasteiger partial charge is 0.507 e. The van der Waals surface area contributed by atoms with Crippen LogP contribution in [0.15, 0.2) is 24.3 Å². The molecule has 0 spiro atoms. The molecule has 0 saturated carbocycles. The minimum atomic E-state index is -0.459. The fourth-order valence-electron chi connectivity index (χ4n) is 2.62. The van der Waals surface area contributed by atoms with E-state index in [0.29, 0.717) is 5.56 Å². The van der Waals surface area contributed by atoms with Crippen LogP contribution in [-0.4, -0.2) is 28.9 Å². The minimum absolute atomic E-state index is 0.0119. The molecule has 0 aromatic heterocycles. The molecular weight excluding hydrogens is 272 g/mol. The van der Waals surface area contributed by atoms with E-state index in [1.54, 1.807) is 6.92 Å². The average Bonchev–Trinajstić information content (AvgIpc) is 2.46. The molecule has 0 unspecified atom stereocenters. The predicted molar refractivity (Wildman–Crippen MR) is 74.4 cm³/mol. The van der Waals surface area contributed by atoms with Gasteiger partial charge in [-0.2, -0.15) is 0 Å². The summed E-state index contributed by atoms with van der Waals surface area (Å²) in [4.78, 5) is 25.2. The smallest absolute Gasteiger partial charge is 0.198 e. The lowest BCUT2D eigenvalue weighted by atomic mass is 9.82. The van der Waals surface area contributed by atoms with Crippen molar-refractivity contribution in [3.63, 3.8) is 0 Å². The predicted octanol–water partition coefficient (Wildman–Crippen LogP) is 2.19. The highest BCUT2D eigenvalue weighted by Crippen LogP contribution is 2.42. The molecule has 0 aliphatic heterocycles. The Morgan fingerprint density at radius 1 is 1.00 bits per heavy atom. The number of carbonyl (C=O) groups is 2. The second-order valence-electron chi connectivity index (χ2n) is 4.86. The van der Waals surface area contributed by atoms with Crippen molar-refractivity contribution < 1.29 is 24.5 Å². The Balaban J connectivity index is 2.41. The molecule has 0 bridgehead atoms. The number of phenolic OH excluding ortho intramolecular Hbond substituents is 2. The van der Waals surface area contributed by atoms with Crippen molar-refractivity contribution in [2.45, 2.75) is 6.92 Å². The Morgan fingerprint density at radius 3 is 2.33 bits per heavy atom. The van der Waals surface area contributed by atoms with Crippen LogP contribution in [-0.2, 0) is 0 Å². The maximum Gasteiger partial charge on any atom is 0.198 e. The number of aryl methyl sites for hydroxylation is 1. The number of carbonyl (C=O) groups excluding carboxylic acids is 2. The number of rotatable bonds is 1. The van der Waals surface area contributed by atoms with E-state index < -0.39 is 11.6 Å². The zero-order valence-electron chi connectivity index (χ0n) is 11.4. The maximum atomic E-state index is 12.6. The Morgan fingerprint density at radius 2 is 1.67 bits per heavy atom. The van der Waals surface area contributed by atoms with E-state index in [2.05, 4.69) is 0 Å². The van der Waals surface area contributed by atoms with Gasteiger partial charge in [-0.3, -0.25) is 9.59 Å². The number of ether oxygens (including phenoxy) is 1. The summed E-state index contributed by atoms with van der Waals surface area (Å²) < 4.78 is 5.10. The van der Waals surface area contributed by atoms with Gasteiger partial charge < -0.3 is 14.9 Å². The van der Waals surface area contributed by atoms with E-state index in [4.69, 9.17) is 4.74 Å². The number of hydrogen-bond acceptors (Lipinski definition) is 5. The van der Waals surface area contributed by atoms with Crippen LogP contribution in [0.4, 0.5) is 0 Å². The van der Waals surface area contributed by atoms with Crippen molar-refractivity contribution in [1.82, 2.24) is 0 Å². The van der Waals surface area contributed by atoms with Crippen LogP contribution in [0, 0.1) is 6.92 Å². The average molecular weight is 284 g/mol. The molecule has 2 aromatic rings. The number of ketones is 2. The summed E-state index contributed by atoms with van der Waals surface area (Å²) in [6.45, 7) is 1.61. The first-order chi connectivity index (χ1) is 9.97. The number of phenols is 2. The van der Waals surface area contributed by atoms with E-state index in [-0.39, 0.29) is 39.5 Å². The lowest BCUT2D eigenvalue weighted by molar-refractivity contribution is 0.0973. The molecule has 3 rings (SSSR count). The van der Waals surface area contributed by atoms with Crippen molar-refractivity contribution in [2.75, 3.05) is 7.11 Å². The molecule has 106 valence electrons. The number of benzene rings is 2.